The van der Waals surface area contributed by atoms with Gasteiger partial charge in [-0.15, -0.1) is 0 Å². The van der Waals surface area contributed by atoms with Gasteiger partial charge in [0.1, 0.15) is 36.0 Å². The molecule has 0 fully saturated rings. The molecule has 1 aliphatic carbocycles. The number of ketones is 2. The third kappa shape index (κ3) is 3.62. The van der Waals surface area contributed by atoms with Gasteiger partial charge in [-0.2, -0.15) is 0 Å². The predicted molar refractivity (Wildman–Crippen MR) is 105 cm³/mol. The van der Waals surface area contributed by atoms with E-state index in [9.17, 15) is 14.7 Å². The highest BCUT2D eigenvalue weighted by Gasteiger charge is 2.36. The molecule has 0 spiro atoms. The monoisotopic (exact) mass is 397 g/mol. The number of Topliss-reactive ketones (excluding diaryl/α,β-unsaturated/α-hetero) is 1. The standard InChI is InChI=1S/C21H23N3O5/c1-2-3-12-4-6-13(7-5-12)22-14-8-15(26)20-19(21(14)28)23-18-11-29-17(9-24(18)20)16(27)10-25/h4-8,16-17,22,25,27H,2-3,9-11H2,1H3/t16-,17+/m1/s1. The second-order valence-corrected chi connectivity index (χ2v) is 7.26. The van der Waals surface area contributed by atoms with Crippen LogP contribution >= 0.6 is 0 Å². The molecule has 0 amide bonds. The maximum Gasteiger partial charge on any atom is 0.230 e. The summed E-state index contributed by atoms with van der Waals surface area (Å²) in [5.74, 6) is -0.238. The number of ether oxygens (including phenoxy) is 1. The van der Waals surface area contributed by atoms with Gasteiger partial charge in [-0.05, 0) is 24.1 Å². The minimum atomic E-state index is -1.07. The summed E-state index contributed by atoms with van der Waals surface area (Å²) in [4.78, 5) is 30.0. The van der Waals surface area contributed by atoms with E-state index in [4.69, 9.17) is 9.84 Å². The van der Waals surface area contributed by atoms with E-state index in [0.29, 0.717) is 5.82 Å². The lowest BCUT2D eigenvalue weighted by molar-refractivity contribution is -0.0873. The molecule has 0 unspecified atom stereocenters. The van der Waals surface area contributed by atoms with Gasteiger partial charge in [0.25, 0.3) is 0 Å². The summed E-state index contributed by atoms with van der Waals surface area (Å²) < 4.78 is 7.12. The molecule has 0 radical (unpaired) electrons. The zero-order chi connectivity index (χ0) is 20.5. The number of rotatable bonds is 6. The highest BCUT2D eigenvalue weighted by atomic mass is 16.5. The minimum Gasteiger partial charge on any atom is -0.394 e. The predicted octanol–water partition coefficient (Wildman–Crippen LogP) is 1.46. The maximum absolute atomic E-state index is 12.9. The van der Waals surface area contributed by atoms with Gasteiger partial charge < -0.3 is 24.8 Å². The molecule has 2 aliphatic rings. The van der Waals surface area contributed by atoms with Gasteiger partial charge in [-0.1, -0.05) is 25.5 Å². The molecule has 29 heavy (non-hydrogen) atoms. The Morgan fingerprint density at radius 1 is 1.31 bits per heavy atom. The number of anilines is 1. The van der Waals surface area contributed by atoms with Crippen molar-refractivity contribution in [3.05, 3.63) is 58.8 Å². The average molecular weight is 397 g/mol. The van der Waals surface area contributed by atoms with Crippen LogP contribution < -0.4 is 5.32 Å². The van der Waals surface area contributed by atoms with Crippen molar-refractivity contribution in [3.8, 4) is 0 Å². The molecule has 8 heteroatoms. The summed E-state index contributed by atoms with van der Waals surface area (Å²) in [6, 6.07) is 7.75. The largest absolute Gasteiger partial charge is 0.394 e. The molecular formula is C21H23N3O5. The van der Waals surface area contributed by atoms with Crippen LogP contribution in [0.1, 0.15) is 45.7 Å². The molecule has 1 aromatic carbocycles. The van der Waals surface area contributed by atoms with Crippen molar-refractivity contribution in [2.75, 3.05) is 11.9 Å². The zero-order valence-electron chi connectivity index (χ0n) is 16.1. The zero-order valence-corrected chi connectivity index (χ0v) is 16.1. The number of hydrogen-bond acceptors (Lipinski definition) is 7. The molecule has 4 rings (SSSR count). The Labute approximate surface area is 167 Å². The first kappa shape index (κ1) is 19.5. The number of aromatic nitrogens is 2. The van der Waals surface area contributed by atoms with Crippen molar-refractivity contribution in [2.45, 2.75) is 45.1 Å². The minimum absolute atomic E-state index is 0.0525. The Morgan fingerprint density at radius 3 is 2.76 bits per heavy atom. The molecule has 0 saturated carbocycles. The molecule has 8 nitrogen and oxygen atoms in total. The normalized spacial score (nSPS) is 19.4. The number of imidazole rings is 1. The fourth-order valence-electron chi connectivity index (χ4n) is 3.66. The Hall–Kier alpha value is -2.81. The van der Waals surface area contributed by atoms with Crippen LogP contribution in [0.2, 0.25) is 0 Å². The maximum atomic E-state index is 12.9. The van der Waals surface area contributed by atoms with E-state index in [-0.39, 0.29) is 41.8 Å². The van der Waals surface area contributed by atoms with E-state index in [1.807, 2.05) is 24.3 Å². The summed E-state index contributed by atoms with van der Waals surface area (Å²) in [7, 11) is 0. The van der Waals surface area contributed by atoms with Crippen molar-refractivity contribution in [3.63, 3.8) is 0 Å². The van der Waals surface area contributed by atoms with Crippen LogP contribution in [0.25, 0.3) is 0 Å². The SMILES string of the molecule is CCCc1ccc(NC2=CC(=O)c3c(nc4n3C[C@@H]([C@H](O)CO)OC4)C2=O)cc1. The number of nitrogens with one attached hydrogen (secondary N) is 1. The first-order valence-electron chi connectivity index (χ1n) is 9.68. The third-order valence-electron chi connectivity index (χ3n) is 5.19. The molecule has 0 saturated heterocycles. The molecule has 2 atom stereocenters. The number of carbonyl (C=O) groups excluding carboxylic acids is 2. The highest BCUT2D eigenvalue weighted by Crippen LogP contribution is 2.27. The van der Waals surface area contributed by atoms with Crippen LogP contribution in [-0.4, -0.2) is 50.1 Å². The van der Waals surface area contributed by atoms with E-state index in [1.165, 1.54) is 11.6 Å². The molecule has 2 heterocycles. The van der Waals surface area contributed by atoms with Gasteiger partial charge in [-0.3, -0.25) is 9.59 Å². The van der Waals surface area contributed by atoms with E-state index in [2.05, 4.69) is 17.2 Å². The van der Waals surface area contributed by atoms with Crippen molar-refractivity contribution in [1.29, 1.82) is 0 Å². The molecule has 2 aromatic rings. The van der Waals surface area contributed by atoms with Gasteiger partial charge in [0.2, 0.25) is 11.6 Å². The van der Waals surface area contributed by atoms with E-state index < -0.39 is 18.8 Å². The lowest BCUT2D eigenvalue weighted by Gasteiger charge is -2.28. The van der Waals surface area contributed by atoms with Crippen LogP contribution in [-0.2, 0) is 24.3 Å². The van der Waals surface area contributed by atoms with E-state index in [1.54, 1.807) is 4.57 Å². The van der Waals surface area contributed by atoms with Crippen molar-refractivity contribution < 1.29 is 24.5 Å². The van der Waals surface area contributed by atoms with Crippen LogP contribution in [0.4, 0.5) is 5.69 Å². The Bertz CT molecular complexity index is 977. The number of nitrogens with zero attached hydrogens (tertiary/aromatic N) is 2. The second-order valence-electron chi connectivity index (χ2n) is 7.26. The topological polar surface area (TPSA) is 114 Å². The van der Waals surface area contributed by atoms with Crippen LogP contribution in [0, 0.1) is 0 Å². The lowest BCUT2D eigenvalue weighted by Crippen LogP contribution is -2.40. The summed E-state index contributed by atoms with van der Waals surface area (Å²) in [5, 5.41) is 22.0. The molecule has 3 N–H and O–H groups in total. The smallest absolute Gasteiger partial charge is 0.230 e. The van der Waals surface area contributed by atoms with Crippen LogP contribution in [0.5, 0.6) is 0 Å². The van der Waals surface area contributed by atoms with Gasteiger partial charge in [0.05, 0.1) is 18.8 Å². The number of fused-ring (bicyclic) bond motifs is 3. The summed E-state index contributed by atoms with van der Waals surface area (Å²) in [6.45, 7) is 1.86. The lowest BCUT2D eigenvalue weighted by atomic mass is 10.0. The van der Waals surface area contributed by atoms with E-state index in [0.717, 1.165) is 18.5 Å². The summed E-state index contributed by atoms with van der Waals surface area (Å²) in [6.07, 6.45) is 1.58. The Balaban J connectivity index is 1.58. The average Bonchev–Trinajstić information content (AvgIpc) is 3.12. The van der Waals surface area contributed by atoms with Crippen molar-refractivity contribution in [1.82, 2.24) is 9.55 Å². The summed E-state index contributed by atoms with van der Waals surface area (Å²) in [5.41, 5.74) is 2.39. The molecule has 0 bridgehead atoms. The molecule has 1 aromatic heterocycles. The van der Waals surface area contributed by atoms with Gasteiger partial charge in [0, 0.05) is 11.8 Å². The number of allylic oxidation sites excluding steroid dienone is 2. The van der Waals surface area contributed by atoms with Gasteiger partial charge in [0.15, 0.2) is 0 Å². The second kappa shape index (κ2) is 7.90. The molecule has 152 valence electrons. The fourth-order valence-corrected chi connectivity index (χ4v) is 3.66. The van der Waals surface area contributed by atoms with Gasteiger partial charge in [-0.25, -0.2) is 4.98 Å². The number of hydrogen-bond donors (Lipinski definition) is 3. The quantitative estimate of drug-likeness (QED) is 0.676. The number of carbonyl (C=O) groups is 2. The fraction of sp³-hybridized carbons (Fsp3) is 0.381. The number of aliphatic hydroxyl groups is 2. The molecular weight excluding hydrogens is 374 g/mol. The van der Waals surface area contributed by atoms with Crippen LogP contribution in [0.3, 0.4) is 0 Å². The number of benzene rings is 1. The third-order valence-corrected chi connectivity index (χ3v) is 5.19. The number of aryl methyl sites for hydroxylation is 1. The van der Waals surface area contributed by atoms with Crippen LogP contribution in [0.15, 0.2) is 36.0 Å². The highest BCUT2D eigenvalue weighted by molar-refractivity contribution is 6.24. The first-order valence-corrected chi connectivity index (χ1v) is 9.68. The Kier molecular flexibility index (Phi) is 5.31. The van der Waals surface area contributed by atoms with Gasteiger partial charge >= 0.3 is 0 Å². The van der Waals surface area contributed by atoms with E-state index >= 15 is 0 Å². The first-order chi connectivity index (χ1) is 14.0. The molecule has 1 aliphatic heterocycles. The van der Waals surface area contributed by atoms with Crippen molar-refractivity contribution >= 4 is 17.3 Å². The summed E-state index contributed by atoms with van der Waals surface area (Å²) >= 11 is 0. The number of aliphatic hydroxyl groups excluding tert-OH is 2. The van der Waals surface area contributed by atoms with Crippen molar-refractivity contribution in [2.24, 2.45) is 0 Å². The Morgan fingerprint density at radius 2 is 2.07 bits per heavy atom.